The fraction of sp³-hybridized carbons (Fsp3) is 0.500. The van der Waals surface area contributed by atoms with Crippen molar-refractivity contribution < 1.29 is 23.1 Å². The number of ether oxygens (including phenoxy) is 1. The molecule has 21 heavy (non-hydrogen) atoms. The summed E-state index contributed by atoms with van der Waals surface area (Å²) in [5.41, 5.74) is 6.10. The summed E-state index contributed by atoms with van der Waals surface area (Å²) in [6.07, 6.45) is 3.38. The highest BCUT2D eigenvalue weighted by molar-refractivity contribution is 7.91. The zero-order valence-corrected chi connectivity index (χ0v) is 12.6. The van der Waals surface area contributed by atoms with E-state index in [1.165, 1.54) is 24.5 Å². The van der Waals surface area contributed by atoms with Gasteiger partial charge in [0.2, 0.25) is 0 Å². The molecule has 0 radical (unpaired) electrons. The Balaban J connectivity index is 2.18. The second kappa shape index (κ2) is 5.93. The molecule has 0 saturated heterocycles. The maximum atomic E-state index is 11.6. The van der Waals surface area contributed by atoms with Gasteiger partial charge in [-0.25, -0.2) is 13.2 Å². The molecule has 0 heterocycles. The second-order valence-electron chi connectivity index (χ2n) is 5.42. The Bertz CT molecular complexity index is 641. The van der Waals surface area contributed by atoms with Gasteiger partial charge in [-0.3, -0.25) is 0 Å². The standard InChI is InChI=1S/C14H19NO5S/c1-21(18,19)11-4-2-3-10(8-11)20-13-7-9(15)5-6-12(13)14(16)17/h5-7,10-11H,2-4,8,15H2,1H3,(H,16,17). The minimum absolute atomic E-state index is 0.0330. The van der Waals surface area contributed by atoms with Gasteiger partial charge in [0.05, 0.1) is 11.4 Å². The quantitative estimate of drug-likeness (QED) is 0.819. The number of anilines is 1. The number of carboxylic acids is 1. The number of sulfone groups is 1. The number of carbonyl (C=O) groups is 1. The van der Waals surface area contributed by atoms with Crippen LogP contribution in [0.3, 0.4) is 0 Å². The van der Waals surface area contributed by atoms with Gasteiger partial charge in [0.25, 0.3) is 0 Å². The van der Waals surface area contributed by atoms with Crippen molar-refractivity contribution >= 4 is 21.5 Å². The van der Waals surface area contributed by atoms with Crippen LogP contribution < -0.4 is 10.5 Å². The molecular formula is C14H19NO5S. The summed E-state index contributed by atoms with van der Waals surface area (Å²) in [6, 6.07) is 4.36. The van der Waals surface area contributed by atoms with Gasteiger partial charge in [-0.1, -0.05) is 0 Å². The first-order valence-electron chi connectivity index (χ1n) is 6.75. The third kappa shape index (κ3) is 3.87. The van der Waals surface area contributed by atoms with Gasteiger partial charge in [-0.05, 0) is 31.4 Å². The Morgan fingerprint density at radius 2 is 2.10 bits per heavy atom. The average Bonchev–Trinajstić information content (AvgIpc) is 2.37. The van der Waals surface area contributed by atoms with Crippen LogP contribution in [0.4, 0.5) is 5.69 Å². The third-order valence-electron chi connectivity index (χ3n) is 3.71. The van der Waals surface area contributed by atoms with Crippen molar-refractivity contribution in [1.82, 2.24) is 0 Å². The molecule has 1 aliphatic rings. The molecular weight excluding hydrogens is 294 g/mol. The molecule has 7 heteroatoms. The highest BCUT2D eigenvalue weighted by atomic mass is 32.2. The topological polar surface area (TPSA) is 107 Å². The number of hydrogen-bond donors (Lipinski definition) is 2. The Labute approximate surface area is 123 Å². The molecule has 0 aromatic heterocycles. The minimum Gasteiger partial charge on any atom is -0.489 e. The van der Waals surface area contributed by atoms with Gasteiger partial charge in [-0.2, -0.15) is 0 Å². The Kier molecular flexibility index (Phi) is 4.41. The monoisotopic (exact) mass is 313 g/mol. The highest BCUT2D eigenvalue weighted by Crippen LogP contribution is 2.30. The van der Waals surface area contributed by atoms with Crippen molar-refractivity contribution in [2.45, 2.75) is 37.0 Å². The lowest BCUT2D eigenvalue weighted by Crippen LogP contribution is -2.33. The van der Waals surface area contributed by atoms with E-state index in [2.05, 4.69) is 0 Å². The molecule has 1 fully saturated rings. The molecule has 0 bridgehead atoms. The van der Waals surface area contributed by atoms with E-state index in [-0.39, 0.29) is 17.4 Å². The molecule has 1 aromatic rings. The molecule has 1 aliphatic carbocycles. The number of rotatable bonds is 4. The van der Waals surface area contributed by atoms with Crippen LogP contribution in [0, 0.1) is 0 Å². The van der Waals surface area contributed by atoms with Crippen molar-refractivity contribution in [2.24, 2.45) is 0 Å². The van der Waals surface area contributed by atoms with Gasteiger partial charge in [0.15, 0.2) is 0 Å². The average molecular weight is 313 g/mol. The first kappa shape index (κ1) is 15.6. The third-order valence-corrected chi connectivity index (χ3v) is 5.35. The molecule has 2 atom stereocenters. The Morgan fingerprint density at radius 3 is 2.71 bits per heavy atom. The number of hydrogen-bond acceptors (Lipinski definition) is 5. The number of carboxylic acid groups (broad SMARTS) is 1. The van der Waals surface area contributed by atoms with Crippen molar-refractivity contribution in [1.29, 1.82) is 0 Å². The highest BCUT2D eigenvalue weighted by Gasteiger charge is 2.30. The summed E-state index contributed by atoms with van der Waals surface area (Å²) in [4.78, 5) is 11.2. The van der Waals surface area contributed by atoms with E-state index >= 15 is 0 Å². The van der Waals surface area contributed by atoms with E-state index in [0.717, 1.165) is 6.42 Å². The fourth-order valence-corrected chi connectivity index (χ4v) is 3.75. The van der Waals surface area contributed by atoms with Crippen LogP contribution in [0.2, 0.25) is 0 Å². The summed E-state index contributed by atoms with van der Waals surface area (Å²) in [6.45, 7) is 0. The van der Waals surface area contributed by atoms with E-state index in [1.807, 2.05) is 0 Å². The Morgan fingerprint density at radius 1 is 1.38 bits per heavy atom. The molecule has 2 unspecified atom stereocenters. The van der Waals surface area contributed by atoms with Gasteiger partial charge < -0.3 is 15.6 Å². The molecule has 3 N–H and O–H groups in total. The predicted molar refractivity (Wildman–Crippen MR) is 79.3 cm³/mol. The summed E-state index contributed by atoms with van der Waals surface area (Å²) in [5, 5.41) is 8.73. The molecule has 2 rings (SSSR count). The van der Waals surface area contributed by atoms with Gasteiger partial charge >= 0.3 is 5.97 Å². The summed E-state index contributed by atoms with van der Waals surface area (Å²) in [7, 11) is -3.11. The van der Waals surface area contributed by atoms with Crippen LogP contribution in [-0.4, -0.2) is 37.1 Å². The van der Waals surface area contributed by atoms with Gasteiger partial charge in [0.1, 0.15) is 21.2 Å². The normalized spacial score (nSPS) is 22.7. The largest absolute Gasteiger partial charge is 0.489 e. The summed E-state index contributed by atoms with van der Waals surface area (Å²) >= 11 is 0. The Hall–Kier alpha value is -1.76. The second-order valence-corrected chi connectivity index (χ2v) is 7.74. The first-order valence-corrected chi connectivity index (χ1v) is 8.71. The maximum absolute atomic E-state index is 11.6. The number of nitrogens with two attached hydrogens (primary N) is 1. The van der Waals surface area contributed by atoms with E-state index in [9.17, 15) is 13.2 Å². The van der Waals surface area contributed by atoms with Gasteiger partial charge in [-0.15, -0.1) is 0 Å². The van der Waals surface area contributed by atoms with Crippen LogP contribution in [-0.2, 0) is 9.84 Å². The molecule has 6 nitrogen and oxygen atoms in total. The van der Waals surface area contributed by atoms with Crippen molar-refractivity contribution in [3.63, 3.8) is 0 Å². The molecule has 1 saturated carbocycles. The minimum atomic E-state index is -3.11. The first-order chi connectivity index (χ1) is 9.77. The van der Waals surface area contributed by atoms with Crippen LogP contribution in [0.15, 0.2) is 18.2 Å². The van der Waals surface area contributed by atoms with Crippen LogP contribution in [0.5, 0.6) is 5.75 Å². The lowest BCUT2D eigenvalue weighted by atomic mass is 9.97. The van der Waals surface area contributed by atoms with Crippen LogP contribution >= 0.6 is 0 Å². The zero-order valence-electron chi connectivity index (χ0n) is 11.8. The summed E-state index contributed by atoms with van der Waals surface area (Å²) in [5.74, 6) is -0.901. The van der Waals surface area contributed by atoms with Gasteiger partial charge in [0, 0.05) is 24.4 Å². The van der Waals surface area contributed by atoms with Crippen LogP contribution in [0.25, 0.3) is 0 Å². The number of aromatic carboxylic acids is 1. The number of nitrogen functional groups attached to an aromatic ring is 1. The molecule has 1 aromatic carbocycles. The smallest absolute Gasteiger partial charge is 0.339 e. The van der Waals surface area contributed by atoms with Crippen molar-refractivity contribution in [3.8, 4) is 5.75 Å². The molecule has 116 valence electrons. The SMILES string of the molecule is CS(=O)(=O)C1CCCC(Oc2cc(N)ccc2C(=O)O)C1. The predicted octanol–water partition coefficient (Wildman–Crippen LogP) is 1.70. The van der Waals surface area contributed by atoms with E-state index in [0.29, 0.717) is 24.9 Å². The molecule has 0 aliphatic heterocycles. The molecule has 0 amide bonds. The zero-order chi connectivity index (χ0) is 15.6. The van der Waals surface area contributed by atoms with Crippen molar-refractivity contribution in [3.05, 3.63) is 23.8 Å². The van der Waals surface area contributed by atoms with Crippen molar-refractivity contribution in [2.75, 3.05) is 12.0 Å². The molecule has 0 spiro atoms. The maximum Gasteiger partial charge on any atom is 0.339 e. The lowest BCUT2D eigenvalue weighted by Gasteiger charge is -2.29. The lowest BCUT2D eigenvalue weighted by molar-refractivity contribution is 0.0686. The van der Waals surface area contributed by atoms with E-state index in [4.69, 9.17) is 15.6 Å². The van der Waals surface area contributed by atoms with E-state index in [1.54, 1.807) is 0 Å². The number of benzene rings is 1. The van der Waals surface area contributed by atoms with E-state index < -0.39 is 21.1 Å². The van der Waals surface area contributed by atoms with Crippen LogP contribution in [0.1, 0.15) is 36.0 Å². The summed E-state index contributed by atoms with van der Waals surface area (Å²) < 4.78 is 29.0. The fourth-order valence-electron chi connectivity index (χ4n) is 2.59.